The number of rotatable bonds is 10. The molecule has 0 fully saturated rings. The Morgan fingerprint density at radius 3 is 2.66 bits per heavy atom. The summed E-state index contributed by atoms with van der Waals surface area (Å²) in [6.07, 6.45) is 0.787. The van der Waals surface area contributed by atoms with Gasteiger partial charge in [0, 0.05) is 25.7 Å². The number of aromatic nitrogens is 1. The van der Waals surface area contributed by atoms with Gasteiger partial charge in [-0.15, -0.1) is 0 Å². The molecule has 1 aromatic heterocycles. The fraction of sp³-hybridized carbons (Fsp3) is 0.231. The van der Waals surface area contributed by atoms with Crippen molar-refractivity contribution in [2.75, 3.05) is 25.5 Å². The van der Waals surface area contributed by atoms with Crippen molar-refractivity contribution in [2.24, 2.45) is 5.73 Å². The number of likely N-dealkylation sites (N-methyl/N-ethyl adjacent to an activating group) is 1. The molecule has 1 atom stereocenters. The van der Waals surface area contributed by atoms with Crippen LogP contribution in [0.1, 0.15) is 27.9 Å². The summed E-state index contributed by atoms with van der Waals surface area (Å²) in [5.41, 5.74) is 8.53. The van der Waals surface area contributed by atoms with Crippen LogP contribution in [0.4, 0.5) is 10.2 Å². The van der Waals surface area contributed by atoms with Crippen LogP contribution in [0, 0.1) is 17.1 Å². The molecule has 5 N–H and O–H groups in total. The third-order valence-corrected chi connectivity index (χ3v) is 5.38. The Hall–Kier alpha value is -4.29. The second-order valence-electron chi connectivity index (χ2n) is 7.82. The van der Waals surface area contributed by atoms with Crippen LogP contribution >= 0.6 is 0 Å². The first-order chi connectivity index (χ1) is 16.9. The second-order valence-corrected chi connectivity index (χ2v) is 7.82. The maximum Gasteiger partial charge on any atom is 0.255 e. The number of carbonyl (C=O) groups is 2. The Morgan fingerprint density at radius 2 is 1.91 bits per heavy atom. The van der Waals surface area contributed by atoms with Crippen molar-refractivity contribution in [3.63, 3.8) is 0 Å². The zero-order chi connectivity index (χ0) is 25.2. The van der Waals surface area contributed by atoms with E-state index in [-0.39, 0.29) is 30.6 Å². The number of halogens is 1. The third kappa shape index (κ3) is 6.85. The van der Waals surface area contributed by atoms with Crippen molar-refractivity contribution in [2.45, 2.75) is 18.9 Å². The molecule has 0 aliphatic carbocycles. The van der Waals surface area contributed by atoms with Gasteiger partial charge in [0.15, 0.2) is 0 Å². The minimum absolute atomic E-state index is 0.204. The van der Waals surface area contributed by atoms with E-state index < -0.39 is 6.04 Å². The molecule has 0 radical (unpaired) electrons. The average molecular weight is 475 g/mol. The van der Waals surface area contributed by atoms with Crippen LogP contribution in [-0.4, -0.2) is 43.0 Å². The van der Waals surface area contributed by atoms with Crippen LogP contribution in [0.5, 0.6) is 0 Å². The molecule has 9 heteroatoms. The van der Waals surface area contributed by atoms with Gasteiger partial charge < -0.3 is 21.7 Å². The number of anilines is 1. The highest BCUT2D eigenvalue weighted by Gasteiger charge is 2.17. The molecule has 2 amide bonds. The van der Waals surface area contributed by atoms with Crippen LogP contribution < -0.4 is 21.7 Å². The fourth-order valence-corrected chi connectivity index (χ4v) is 3.50. The molecule has 1 heterocycles. The van der Waals surface area contributed by atoms with E-state index in [2.05, 4.69) is 27.0 Å². The summed E-state index contributed by atoms with van der Waals surface area (Å²) >= 11 is 0. The normalized spacial score (nSPS) is 11.3. The van der Waals surface area contributed by atoms with Crippen molar-refractivity contribution in [3.8, 4) is 17.3 Å². The minimum atomic E-state index is -0.729. The maximum absolute atomic E-state index is 13.5. The number of hydrogen-bond acceptors (Lipinski definition) is 6. The molecular weight excluding hydrogens is 447 g/mol. The highest BCUT2D eigenvalue weighted by atomic mass is 19.1. The molecule has 3 rings (SSSR count). The van der Waals surface area contributed by atoms with Gasteiger partial charge in [0.25, 0.3) is 5.91 Å². The SMILES string of the molecule is CNC(=O)[C@H](N)CCNC(=O)c1ccc(-c2ccccc2C#N)nc1NCCc1cccc(F)c1. The molecule has 180 valence electrons. The first kappa shape index (κ1) is 25.3. The number of nitrogens with zero attached hydrogens (tertiary/aromatic N) is 2. The predicted octanol–water partition coefficient (Wildman–Crippen LogP) is 2.61. The summed E-state index contributed by atoms with van der Waals surface area (Å²) in [4.78, 5) is 29.1. The van der Waals surface area contributed by atoms with Crippen LogP contribution in [-0.2, 0) is 11.2 Å². The number of nitriles is 1. The average Bonchev–Trinajstić information content (AvgIpc) is 2.88. The number of amides is 2. The molecule has 0 aliphatic heterocycles. The topological polar surface area (TPSA) is 133 Å². The van der Waals surface area contributed by atoms with E-state index in [0.29, 0.717) is 41.2 Å². The highest BCUT2D eigenvalue weighted by molar-refractivity contribution is 5.99. The predicted molar refractivity (Wildman–Crippen MR) is 132 cm³/mol. The van der Waals surface area contributed by atoms with Crippen molar-refractivity contribution in [1.29, 1.82) is 5.26 Å². The van der Waals surface area contributed by atoms with Crippen LogP contribution in [0.3, 0.4) is 0 Å². The highest BCUT2D eigenvalue weighted by Crippen LogP contribution is 2.25. The third-order valence-electron chi connectivity index (χ3n) is 5.38. The number of benzene rings is 2. The lowest BCUT2D eigenvalue weighted by molar-refractivity contribution is -0.121. The van der Waals surface area contributed by atoms with Crippen LogP contribution in [0.15, 0.2) is 60.7 Å². The number of carbonyl (C=O) groups excluding carboxylic acids is 2. The van der Waals surface area contributed by atoms with E-state index in [1.165, 1.54) is 19.2 Å². The molecule has 8 nitrogen and oxygen atoms in total. The molecule has 0 saturated carbocycles. The van der Waals surface area contributed by atoms with Gasteiger partial charge in [0.05, 0.1) is 28.9 Å². The number of hydrogen-bond donors (Lipinski definition) is 4. The smallest absolute Gasteiger partial charge is 0.255 e. The van der Waals surface area contributed by atoms with Gasteiger partial charge in [0.1, 0.15) is 11.6 Å². The molecule has 35 heavy (non-hydrogen) atoms. The van der Waals surface area contributed by atoms with Crippen molar-refractivity contribution >= 4 is 17.6 Å². The van der Waals surface area contributed by atoms with Gasteiger partial charge >= 0.3 is 0 Å². The molecule has 3 aromatic rings. The van der Waals surface area contributed by atoms with Gasteiger partial charge in [-0.05, 0) is 48.7 Å². The summed E-state index contributed by atoms with van der Waals surface area (Å²) in [5.74, 6) is -0.665. The zero-order valence-corrected chi connectivity index (χ0v) is 19.3. The molecule has 0 unspecified atom stereocenters. The van der Waals surface area contributed by atoms with Gasteiger partial charge in [-0.1, -0.05) is 30.3 Å². The van der Waals surface area contributed by atoms with Crippen molar-refractivity contribution < 1.29 is 14.0 Å². The first-order valence-electron chi connectivity index (χ1n) is 11.2. The first-order valence-corrected chi connectivity index (χ1v) is 11.2. The molecule has 2 aromatic carbocycles. The van der Waals surface area contributed by atoms with Crippen LogP contribution in [0.25, 0.3) is 11.3 Å². The van der Waals surface area contributed by atoms with E-state index in [1.807, 2.05) is 12.1 Å². The minimum Gasteiger partial charge on any atom is -0.369 e. The number of nitrogens with one attached hydrogen (secondary N) is 3. The number of nitrogens with two attached hydrogens (primary N) is 1. The van der Waals surface area contributed by atoms with Crippen molar-refractivity contribution in [3.05, 3.63) is 83.2 Å². The summed E-state index contributed by atoms with van der Waals surface area (Å²) in [5, 5.41) is 17.9. The largest absolute Gasteiger partial charge is 0.369 e. The molecule has 0 saturated heterocycles. The lowest BCUT2D eigenvalue weighted by Gasteiger charge is -2.15. The summed E-state index contributed by atoms with van der Waals surface area (Å²) < 4.78 is 13.5. The summed E-state index contributed by atoms with van der Waals surface area (Å²) in [6.45, 7) is 0.608. The van der Waals surface area contributed by atoms with E-state index in [9.17, 15) is 19.2 Å². The zero-order valence-electron chi connectivity index (χ0n) is 19.3. The molecule has 0 aliphatic rings. The standard InChI is InChI=1S/C26H27FN6O2/c1-30-26(35)22(29)12-14-32-25(34)21-9-10-23(20-8-3-2-6-18(20)16-28)33-24(21)31-13-11-17-5-4-7-19(27)15-17/h2-10,15,22H,11-14,29H2,1H3,(H,30,35)(H,31,33)(H,32,34)/t22-/m1/s1. The quantitative estimate of drug-likeness (QED) is 0.357. The fourth-order valence-electron chi connectivity index (χ4n) is 3.50. The van der Waals surface area contributed by atoms with Gasteiger partial charge in [-0.3, -0.25) is 9.59 Å². The summed E-state index contributed by atoms with van der Waals surface area (Å²) in [7, 11) is 1.50. The Morgan fingerprint density at radius 1 is 1.11 bits per heavy atom. The monoisotopic (exact) mass is 474 g/mol. The Balaban J connectivity index is 1.80. The van der Waals surface area contributed by atoms with Gasteiger partial charge in [-0.2, -0.15) is 5.26 Å². The van der Waals surface area contributed by atoms with E-state index in [1.54, 1.807) is 36.4 Å². The van der Waals surface area contributed by atoms with Crippen molar-refractivity contribution in [1.82, 2.24) is 15.6 Å². The second kappa shape index (κ2) is 12.3. The van der Waals surface area contributed by atoms with Crippen LogP contribution in [0.2, 0.25) is 0 Å². The maximum atomic E-state index is 13.5. The lowest BCUT2D eigenvalue weighted by atomic mass is 10.0. The van der Waals surface area contributed by atoms with E-state index in [0.717, 1.165) is 5.56 Å². The molecular formula is C26H27FN6O2. The van der Waals surface area contributed by atoms with Gasteiger partial charge in [-0.25, -0.2) is 9.37 Å². The van der Waals surface area contributed by atoms with Gasteiger partial charge in [0.2, 0.25) is 5.91 Å². The Kier molecular flexibility index (Phi) is 8.87. The summed E-state index contributed by atoms with van der Waals surface area (Å²) in [6, 6.07) is 18.1. The Labute approximate surface area is 203 Å². The lowest BCUT2D eigenvalue weighted by Crippen LogP contribution is -2.41. The molecule has 0 bridgehead atoms. The number of pyridine rings is 1. The van der Waals surface area contributed by atoms with E-state index >= 15 is 0 Å². The Bertz CT molecular complexity index is 1240. The molecule has 0 spiro atoms. The van der Waals surface area contributed by atoms with E-state index in [4.69, 9.17) is 5.73 Å².